The number of hydrogen-bond donors (Lipinski definition) is 0. The van der Waals surface area contributed by atoms with Gasteiger partial charge in [-0.2, -0.15) is 0 Å². The molecule has 0 fully saturated rings. The summed E-state index contributed by atoms with van der Waals surface area (Å²) < 4.78 is 6.89. The van der Waals surface area contributed by atoms with Crippen LogP contribution in [0.5, 0.6) is 0 Å². The van der Waals surface area contributed by atoms with Gasteiger partial charge in [0.2, 0.25) is 0 Å². The molecule has 0 N–H and O–H groups in total. The lowest BCUT2D eigenvalue weighted by Crippen LogP contribution is -2.22. The first-order chi connectivity index (χ1) is 22.7. The standard InChI is InChI=1S/C44H32O2/c45-44(40(31-17-5-2-6-18-31)27-30-15-3-1-4-16-30)46-43(41-28-32-19-7-9-21-34(32)36-23-11-13-25-38(36)41)42-29-33-20-8-10-22-35(33)37-24-12-14-26-39(37)42/h1-26,28-29,40,43H,27H2/t40-/m1/s1. The highest BCUT2D eigenvalue weighted by Crippen LogP contribution is 2.42. The number of hydrogen-bond acceptors (Lipinski definition) is 2. The van der Waals surface area contributed by atoms with E-state index in [-0.39, 0.29) is 5.97 Å². The molecule has 0 aliphatic rings. The van der Waals surface area contributed by atoms with E-state index in [1.807, 2.05) is 48.5 Å². The van der Waals surface area contributed by atoms with Gasteiger partial charge in [0.15, 0.2) is 6.10 Å². The van der Waals surface area contributed by atoms with E-state index in [2.05, 4.69) is 121 Å². The summed E-state index contributed by atoms with van der Waals surface area (Å²) in [6.45, 7) is 0. The third-order valence-electron chi connectivity index (χ3n) is 9.17. The van der Waals surface area contributed by atoms with Crippen LogP contribution in [0.2, 0.25) is 0 Å². The molecule has 0 saturated carbocycles. The molecule has 0 saturated heterocycles. The van der Waals surface area contributed by atoms with Crippen molar-refractivity contribution in [2.45, 2.75) is 18.4 Å². The molecule has 2 heteroatoms. The SMILES string of the molecule is O=C(OC(c1cc2ccccc2c2ccccc12)c1cc2ccccc2c2ccccc12)[C@H](Cc1ccccc1)c1ccccc1. The van der Waals surface area contributed by atoms with Crippen molar-refractivity contribution in [2.75, 3.05) is 0 Å². The van der Waals surface area contributed by atoms with Gasteiger partial charge in [-0.15, -0.1) is 0 Å². The normalized spacial score (nSPS) is 12.2. The zero-order valence-corrected chi connectivity index (χ0v) is 25.3. The lowest BCUT2D eigenvalue weighted by atomic mass is 9.87. The molecular weight excluding hydrogens is 560 g/mol. The van der Waals surface area contributed by atoms with E-state index in [1.165, 1.54) is 10.8 Å². The first kappa shape index (κ1) is 27.8. The zero-order chi connectivity index (χ0) is 30.9. The van der Waals surface area contributed by atoms with Crippen LogP contribution in [0.15, 0.2) is 170 Å². The van der Waals surface area contributed by atoms with Gasteiger partial charge < -0.3 is 4.74 Å². The highest BCUT2D eigenvalue weighted by Gasteiger charge is 2.30. The Morgan fingerprint density at radius 2 is 0.870 bits per heavy atom. The number of ether oxygens (including phenoxy) is 1. The molecule has 0 radical (unpaired) electrons. The second-order valence-electron chi connectivity index (χ2n) is 11.9. The molecule has 220 valence electrons. The Morgan fingerprint density at radius 3 is 1.39 bits per heavy atom. The molecule has 0 aliphatic heterocycles. The van der Waals surface area contributed by atoms with Crippen molar-refractivity contribution < 1.29 is 9.53 Å². The second kappa shape index (κ2) is 12.0. The van der Waals surface area contributed by atoms with Crippen LogP contribution in [0.4, 0.5) is 0 Å². The fourth-order valence-electron chi connectivity index (χ4n) is 6.97. The highest BCUT2D eigenvalue weighted by molar-refractivity contribution is 6.11. The van der Waals surface area contributed by atoms with Crippen LogP contribution in [-0.4, -0.2) is 5.97 Å². The predicted octanol–water partition coefficient (Wildman–Crippen LogP) is 11.0. The summed E-state index contributed by atoms with van der Waals surface area (Å²) in [5.41, 5.74) is 4.00. The predicted molar refractivity (Wildman–Crippen MR) is 190 cm³/mol. The van der Waals surface area contributed by atoms with Crippen molar-refractivity contribution >= 4 is 49.1 Å². The molecule has 1 atom stereocenters. The van der Waals surface area contributed by atoms with Crippen molar-refractivity contribution in [3.8, 4) is 0 Å². The van der Waals surface area contributed by atoms with E-state index in [0.29, 0.717) is 6.42 Å². The van der Waals surface area contributed by atoms with E-state index >= 15 is 0 Å². The molecule has 0 spiro atoms. The van der Waals surface area contributed by atoms with Gasteiger partial charge >= 0.3 is 5.97 Å². The van der Waals surface area contributed by atoms with E-state index in [0.717, 1.165) is 54.6 Å². The fourth-order valence-corrected chi connectivity index (χ4v) is 6.97. The van der Waals surface area contributed by atoms with Crippen LogP contribution in [0, 0.1) is 0 Å². The van der Waals surface area contributed by atoms with E-state index in [1.54, 1.807) is 0 Å². The molecule has 46 heavy (non-hydrogen) atoms. The Bertz CT molecular complexity index is 2220. The smallest absolute Gasteiger partial charge is 0.314 e. The first-order valence-electron chi connectivity index (χ1n) is 15.8. The van der Waals surface area contributed by atoms with Crippen LogP contribution < -0.4 is 0 Å². The third-order valence-corrected chi connectivity index (χ3v) is 9.17. The van der Waals surface area contributed by atoms with E-state index < -0.39 is 12.0 Å². The maximum Gasteiger partial charge on any atom is 0.314 e. The summed E-state index contributed by atoms with van der Waals surface area (Å²) in [4.78, 5) is 14.7. The average Bonchev–Trinajstić information content (AvgIpc) is 3.13. The summed E-state index contributed by atoms with van der Waals surface area (Å²) in [5, 5.41) is 9.04. The molecule has 8 rings (SSSR count). The summed E-state index contributed by atoms with van der Waals surface area (Å²) in [7, 11) is 0. The largest absolute Gasteiger partial charge is 0.452 e. The Balaban J connectivity index is 1.36. The Labute approximate surface area is 268 Å². The van der Waals surface area contributed by atoms with Gasteiger partial charge in [0.25, 0.3) is 0 Å². The maximum absolute atomic E-state index is 14.7. The lowest BCUT2D eigenvalue weighted by molar-refractivity contribution is -0.149. The zero-order valence-electron chi connectivity index (χ0n) is 25.3. The number of benzene rings is 8. The van der Waals surface area contributed by atoms with E-state index in [4.69, 9.17) is 4.74 Å². The summed E-state index contributed by atoms with van der Waals surface area (Å²) in [6, 6.07) is 58.5. The number of carbonyl (C=O) groups is 1. The highest BCUT2D eigenvalue weighted by atomic mass is 16.5. The van der Waals surface area contributed by atoms with Crippen LogP contribution in [0.25, 0.3) is 43.1 Å². The van der Waals surface area contributed by atoms with Gasteiger partial charge in [-0.1, -0.05) is 158 Å². The van der Waals surface area contributed by atoms with Gasteiger partial charge in [0, 0.05) is 11.1 Å². The average molecular weight is 593 g/mol. The summed E-state index contributed by atoms with van der Waals surface area (Å²) >= 11 is 0. The van der Waals surface area contributed by atoms with Crippen molar-refractivity contribution in [1.82, 2.24) is 0 Å². The maximum atomic E-state index is 14.7. The Kier molecular flexibility index (Phi) is 7.24. The third kappa shape index (κ3) is 5.08. The quantitative estimate of drug-likeness (QED) is 0.136. The summed E-state index contributed by atoms with van der Waals surface area (Å²) in [5.74, 6) is -0.709. The molecule has 0 heterocycles. The van der Waals surface area contributed by atoms with Crippen molar-refractivity contribution in [3.05, 3.63) is 192 Å². The molecular formula is C44H32O2. The fraction of sp³-hybridized carbons (Fsp3) is 0.0682. The minimum absolute atomic E-state index is 0.241. The van der Waals surface area contributed by atoms with Gasteiger partial charge in [-0.3, -0.25) is 4.79 Å². The molecule has 0 unspecified atom stereocenters. The first-order valence-corrected chi connectivity index (χ1v) is 15.8. The van der Waals surface area contributed by atoms with Gasteiger partial charge in [0.1, 0.15) is 0 Å². The van der Waals surface area contributed by atoms with E-state index in [9.17, 15) is 4.79 Å². The summed E-state index contributed by atoms with van der Waals surface area (Å²) in [6.07, 6.45) is -0.0913. The van der Waals surface area contributed by atoms with Crippen LogP contribution >= 0.6 is 0 Å². The van der Waals surface area contributed by atoms with Crippen LogP contribution in [-0.2, 0) is 16.0 Å². The molecule has 0 bridgehead atoms. The van der Waals surface area contributed by atoms with Crippen LogP contribution in [0.1, 0.15) is 34.3 Å². The van der Waals surface area contributed by atoms with Crippen molar-refractivity contribution in [2.24, 2.45) is 0 Å². The molecule has 2 nitrogen and oxygen atoms in total. The van der Waals surface area contributed by atoms with Crippen molar-refractivity contribution in [3.63, 3.8) is 0 Å². The molecule has 0 aromatic heterocycles. The molecule has 8 aromatic rings. The molecule has 8 aromatic carbocycles. The van der Waals surface area contributed by atoms with Gasteiger partial charge in [0.05, 0.1) is 5.92 Å². The van der Waals surface area contributed by atoms with Gasteiger partial charge in [-0.25, -0.2) is 0 Å². The van der Waals surface area contributed by atoms with Crippen molar-refractivity contribution in [1.29, 1.82) is 0 Å². The number of rotatable bonds is 7. The number of carbonyl (C=O) groups excluding carboxylic acids is 1. The molecule has 0 amide bonds. The Morgan fingerprint density at radius 1 is 0.457 bits per heavy atom. The minimum Gasteiger partial charge on any atom is -0.452 e. The Hall–Kier alpha value is -5.73. The second-order valence-corrected chi connectivity index (χ2v) is 11.9. The number of fused-ring (bicyclic) bond motifs is 6. The van der Waals surface area contributed by atoms with Gasteiger partial charge in [-0.05, 0) is 72.8 Å². The number of esters is 1. The molecule has 0 aliphatic carbocycles. The minimum atomic E-state index is -0.640. The lowest BCUT2D eigenvalue weighted by Gasteiger charge is -2.26. The topological polar surface area (TPSA) is 26.3 Å². The monoisotopic (exact) mass is 592 g/mol. The van der Waals surface area contributed by atoms with Crippen LogP contribution in [0.3, 0.4) is 0 Å².